The number of aliphatic imine (C=N–C) groups is 1. The first-order valence-corrected chi connectivity index (χ1v) is 8.97. The smallest absolute Gasteiger partial charge is 0.251 e. The van der Waals surface area contributed by atoms with Gasteiger partial charge in [0.2, 0.25) is 0 Å². The summed E-state index contributed by atoms with van der Waals surface area (Å²) in [7, 11) is 3.93. The van der Waals surface area contributed by atoms with Crippen LogP contribution in [0, 0.1) is 0 Å². The van der Waals surface area contributed by atoms with E-state index in [-0.39, 0.29) is 29.9 Å². The van der Waals surface area contributed by atoms with Crippen LogP contribution in [0.25, 0.3) is 0 Å². The van der Waals surface area contributed by atoms with Crippen molar-refractivity contribution in [3.63, 3.8) is 0 Å². The zero-order valence-electron chi connectivity index (χ0n) is 16.2. The van der Waals surface area contributed by atoms with Gasteiger partial charge in [0, 0.05) is 32.7 Å². The van der Waals surface area contributed by atoms with Crippen LogP contribution >= 0.6 is 24.0 Å². The van der Waals surface area contributed by atoms with Gasteiger partial charge in [0.15, 0.2) is 5.96 Å². The van der Waals surface area contributed by atoms with E-state index in [1.165, 1.54) is 5.56 Å². The van der Waals surface area contributed by atoms with Crippen molar-refractivity contribution in [2.24, 2.45) is 4.99 Å². The van der Waals surface area contributed by atoms with E-state index in [1.54, 1.807) is 0 Å². The second-order valence-corrected chi connectivity index (χ2v) is 6.33. The summed E-state index contributed by atoms with van der Waals surface area (Å²) in [6.07, 6.45) is 0.926. The molecule has 1 amide bonds. The highest BCUT2D eigenvalue weighted by atomic mass is 127. The number of carbonyl (C=O) groups is 1. The lowest BCUT2D eigenvalue weighted by Gasteiger charge is -2.18. The molecule has 0 aromatic heterocycles. The van der Waals surface area contributed by atoms with Crippen LogP contribution in [0.5, 0.6) is 0 Å². The second kappa shape index (κ2) is 12.3. The first-order chi connectivity index (χ1) is 12.6. The number of hydrogen-bond acceptors (Lipinski definition) is 2. The van der Waals surface area contributed by atoms with E-state index in [0.29, 0.717) is 18.7 Å². The molecular formula is C21H29IN4O. The molecule has 0 unspecified atom stereocenters. The van der Waals surface area contributed by atoms with Crippen LogP contribution in [0.15, 0.2) is 59.6 Å². The van der Waals surface area contributed by atoms with Gasteiger partial charge in [-0.15, -0.1) is 24.0 Å². The Hall–Kier alpha value is -2.09. The molecule has 0 aliphatic carbocycles. The van der Waals surface area contributed by atoms with Gasteiger partial charge in [-0.3, -0.25) is 4.79 Å². The number of guanidine groups is 1. The lowest BCUT2D eigenvalue weighted by molar-refractivity contribution is 0.0953. The van der Waals surface area contributed by atoms with Gasteiger partial charge in [-0.05, 0) is 29.7 Å². The van der Waals surface area contributed by atoms with E-state index >= 15 is 0 Å². The number of halogens is 1. The van der Waals surface area contributed by atoms with E-state index in [9.17, 15) is 4.79 Å². The fraction of sp³-hybridized carbons (Fsp3) is 0.333. The zero-order chi connectivity index (χ0) is 18.8. The summed E-state index contributed by atoms with van der Waals surface area (Å²) in [5.41, 5.74) is 2.89. The Morgan fingerprint density at radius 1 is 1.00 bits per heavy atom. The molecule has 0 bridgehead atoms. The molecule has 146 valence electrons. The Labute approximate surface area is 179 Å². The Kier molecular flexibility index (Phi) is 10.5. The van der Waals surface area contributed by atoms with Gasteiger partial charge >= 0.3 is 0 Å². The Morgan fingerprint density at radius 2 is 1.70 bits per heavy atom. The molecule has 0 heterocycles. The predicted octanol–water partition coefficient (Wildman–Crippen LogP) is 3.65. The first-order valence-electron chi connectivity index (χ1n) is 8.97. The fourth-order valence-corrected chi connectivity index (χ4v) is 2.45. The lowest BCUT2D eigenvalue weighted by Crippen LogP contribution is -2.36. The summed E-state index contributed by atoms with van der Waals surface area (Å²) >= 11 is 0. The van der Waals surface area contributed by atoms with Crippen LogP contribution in [0.1, 0.15) is 34.8 Å². The number of carbonyl (C=O) groups excluding carboxylic acids is 1. The van der Waals surface area contributed by atoms with Gasteiger partial charge in [-0.25, -0.2) is 4.99 Å². The molecule has 2 N–H and O–H groups in total. The first kappa shape index (κ1) is 23.0. The minimum Gasteiger partial charge on any atom is -0.352 e. The monoisotopic (exact) mass is 480 g/mol. The molecular weight excluding hydrogens is 451 g/mol. The van der Waals surface area contributed by atoms with Crippen LogP contribution in [0.3, 0.4) is 0 Å². The van der Waals surface area contributed by atoms with Crippen molar-refractivity contribution in [2.45, 2.75) is 26.4 Å². The SMILES string of the molecule is CCCNC(=O)c1cccc(CN=C(NCc2ccccc2)N(C)C)c1.I. The van der Waals surface area contributed by atoms with Crippen molar-refractivity contribution in [1.82, 2.24) is 15.5 Å². The number of nitrogens with zero attached hydrogens (tertiary/aromatic N) is 2. The molecule has 5 nitrogen and oxygen atoms in total. The second-order valence-electron chi connectivity index (χ2n) is 6.33. The van der Waals surface area contributed by atoms with E-state index in [0.717, 1.165) is 24.5 Å². The summed E-state index contributed by atoms with van der Waals surface area (Å²) in [6, 6.07) is 17.9. The zero-order valence-corrected chi connectivity index (χ0v) is 18.6. The Bertz CT molecular complexity index is 732. The molecule has 0 aliphatic heterocycles. The molecule has 0 atom stereocenters. The van der Waals surface area contributed by atoms with Gasteiger partial charge in [0.1, 0.15) is 0 Å². The molecule has 0 fully saturated rings. The average Bonchev–Trinajstić information content (AvgIpc) is 2.66. The molecule has 0 radical (unpaired) electrons. The largest absolute Gasteiger partial charge is 0.352 e. The maximum absolute atomic E-state index is 12.1. The summed E-state index contributed by atoms with van der Waals surface area (Å²) in [4.78, 5) is 18.7. The number of nitrogens with one attached hydrogen (secondary N) is 2. The highest BCUT2D eigenvalue weighted by Crippen LogP contribution is 2.07. The molecule has 6 heteroatoms. The average molecular weight is 480 g/mol. The molecule has 0 saturated heterocycles. The van der Waals surface area contributed by atoms with Crippen molar-refractivity contribution >= 4 is 35.8 Å². The van der Waals surface area contributed by atoms with Crippen molar-refractivity contribution in [1.29, 1.82) is 0 Å². The predicted molar refractivity (Wildman–Crippen MR) is 123 cm³/mol. The minimum absolute atomic E-state index is 0. The van der Waals surface area contributed by atoms with Gasteiger partial charge in [-0.1, -0.05) is 49.4 Å². The quantitative estimate of drug-likeness (QED) is 0.362. The van der Waals surface area contributed by atoms with Crippen LogP contribution in [-0.2, 0) is 13.1 Å². The third-order valence-corrected chi connectivity index (χ3v) is 3.85. The minimum atomic E-state index is -0.0345. The molecule has 2 aromatic rings. The third kappa shape index (κ3) is 7.99. The maximum atomic E-state index is 12.1. The Morgan fingerprint density at radius 3 is 2.37 bits per heavy atom. The fourth-order valence-electron chi connectivity index (χ4n) is 2.45. The number of amides is 1. The summed E-state index contributed by atoms with van der Waals surface area (Å²) in [6.45, 7) is 3.97. The van der Waals surface area contributed by atoms with Crippen molar-refractivity contribution in [2.75, 3.05) is 20.6 Å². The van der Waals surface area contributed by atoms with Crippen LogP contribution in [0.4, 0.5) is 0 Å². The van der Waals surface area contributed by atoms with Crippen LogP contribution in [0.2, 0.25) is 0 Å². The Balaban J connectivity index is 0.00000364. The van der Waals surface area contributed by atoms with E-state index in [1.807, 2.05) is 68.4 Å². The number of hydrogen-bond donors (Lipinski definition) is 2. The molecule has 2 aromatic carbocycles. The van der Waals surface area contributed by atoms with Gasteiger partial charge in [0.05, 0.1) is 6.54 Å². The normalized spacial score (nSPS) is 10.7. The highest BCUT2D eigenvalue weighted by molar-refractivity contribution is 14.0. The lowest BCUT2D eigenvalue weighted by atomic mass is 10.1. The van der Waals surface area contributed by atoms with Crippen molar-refractivity contribution < 1.29 is 4.79 Å². The van der Waals surface area contributed by atoms with E-state index < -0.39 is 0 Å². The molecule has 0 aliphatic rings. The van der Waals surface area contributed by atoms with Crippen LogP contribution in [-0.4, -0.2) is 37.4 Å². The van der Waals surface area contributed by atoms with Gasteiger partial charge < -0.3 is 15.5 Å². The van der Waals surface area contributed by atoms with Gasteiger partial charge in [0.25, 0.3) is 5.91 Å². The molecule has 0 spiro atoms. The van der Waals surface area contributed by atoms with Crippen molar-refractivity contribution in [3.05, 3.63) is 71.3 Å². The van der Waals surface area contributed by atoms with E-state index in [4.69, 9.17) is 0 Å². The standard InChI is InChI=1S/C21H28N4O.HI/c1-4-13-22-20(26)19-12-8-11-18(14-19)16-24-21(25(2)3)23-15-17-9-6-5-7-10-17;/h5-12,14H,4,13,15-16H2,1-3H3,(H,22,26)(H,23,24);1H. The number of rotatable bonds is 7. The molecule has 2 rings (SSSR count). The number of benzene rings is 2. The summed E-state index contributed by atoms with van der Waals surface area (Å²) in [5.74, 6) is 0.780. The molecule has 0 saturated carbocycles. The topological polar surface area (TPSA) is 56.7 Å². The summed E-state index contributed by atoms with van der Waals surface area (Å²) in [5, 5.41) is 6.27. The third-order valence-electron chi connectivity index (χ3n) is 3.85. The van der Waals surface area contributed by atoms with Crippen LogP contribution < -0.4 is 10.6 Å². The molecule has 27 heavy (non-hydrogen) atoms. The van der Waals surface area contributed by atoms with Crippen molar-refractivity contribution in [3.8, 4) is 0 Å². The summed E-state index contributed by atoms with van der Waals surface area (Å²) < 4.78 is 0. The maximum Gasteiger partial charge on any atom is 0.251 e. The van der Waals surface area contributed by atoms with E-state index in [2.05, 4.69) is 27.8 Å². The van der Waals surface area contributed by atoms with Gasteiger partial charge in [-0.2, -0.15) is 0 Å². The highest BCUT2D eigenvalue weighted by Gasteiger charge is 2.06.